The highest BCUT2D eigenvalue weighted by atomic mass is 16.1. The van der Waals surface area contributed by atoms with Crippen molar-refractivity contribution in [2.75, 3.05) is 19.6 Å². The first kappa shape index (κ1) is 7.69. The van der Waals surface area contributed by atoms with Gasteiger partial charge in [-0.2, -0.15) is 0 Å². The summed E-state index contributed by atoms with van der Waals surface area (Å²) in [5.74, 6) is 0. The van der Waals surface area contributed by atoms with Gasteiger partial charge in [-0.25, -0.2) is 0 Å². The van der Waals surface area contributed by atoms with Gasteiger partial charge in [-0.15, -0.1) is 0 Å². The van der Waals surface area contributed by atoms with Crippen molar-refractivity contribution in [1.29, 1.82) is 0 Å². The van der Waals surface area contributed by atoms with E-state index < -0.39 is 0 Å². The standard InChI is InChI=1S/C7H14N2O/c10-6-7-2-1-3-8-4-5-9-7/h6-9H,1-5H2. The zero-order valence-corrected chi connectivity index (χ0v) is 6.10. The molecule has 0 aliphatic carbocycles. The van der Waals surface area contributed by atoms with Gasteiger partial charge < -0.3 is 15.4 Å². The van der Waals surface area contributed by atoms with Gasteiger partial charge >= 0.3 is 0 Å². The first-order valence-electron chi connectivity index (χ1n) is 3.83. The molecule has 58 valence electrons. The van der Waals surface area contributed by atoms with E-state index >= 15 is 0 Å². The summed E-state index contributed by atoms with van der Waals surface area (Å²) in [6.07, 6.45) is 3.07. The van der Waals surface area contributed by atoms with E-state index in [4.69, 9.17) is 0 Å². The maximum atomic E-state index is 10.3. The van der Waals surface area contributed by atoms with Crippen molar-refractivity contribution in [1.82, 2.24) is 10.6 Å². The van der Waals surface area contributed by atoms with Crippen LogP contribution in [0.1, 0.15) is 12.8 Å². The molecule has 0 aromatic heterocycles. The molecule has 10 heavy (non-hydrogen) atoms. The Labute approximate surface area is 61.2 Å². The molecular formula is C7H14N2O. The van der Waals surface area contributed by atoms with Crippen LogP contribution in [0.3, 0.4) is 0 Å². The first-order valence-corrected chi connectivity index (χ1v) is 3.83. The lowest BCUT2D eigenvalue weighted by molar-refractivity contribution is -0.109. The summed E-state index contributed by atoms with van der Waals surface area (Å²) in [5, 5.41) is 6.39. The lowest BCUT2D eigenvalue weighted by Crippen LogP contribution is -2.39. The van der Waals surface area contributed by atoms with Gasteiger partial charge in [0.05, 0.1) is 6.04 Å². The molecule has 1 rings (SSSR count). The summed E-state index contributed by atoms with van der Waals surface area (Å²) in [5.41, 5.74) is 0. The Morgan fingerprint density at radius 2 is 2.20 bits per heavy atom. The van der Waals surface area contributed by atoms with E-state index in [-0.39, 0.29) is 6.04 Å². The summed E-state index contributed by atoms with van der Waals surface area (Å²) in [4.78, 5) is 10.3. The molecule has 0 radical (unpaired) electrons. The normalized spacial score (nSPS) is 28.6. The molecule has 1 heterocycles. The molecule has 1 aliphatic rings. The van der Waals surface area contributed by atoms with Crippen molar-refractivity contribution in [2.45, 2.75) is 18.9 Å². The molecule has 0 spiro atoms. The molecule has 0 bridgehead atoms. The summed E-state index contributed by atoms with van der Waals surface area (Å²) in [7, 11) is 0. The minimum Gasteiger partial charge on any atom is -0.315 e. The summed E-state index contributed by atoms with van der Waals surface area (Å²) >= 11 is 0. The topological polar surface area (TPSA) is 41.1 Å². The monoisotopic (exact) mass is 142 g/mol. The van der Waals surface area contributed by atoms with Crippen LogP contribution in [0.25, 0.3) is 0 Å². The number of nitrogens with one attached hydrogen (secondary N) is 2. The number of carbonyl (C=O) groups excluding carboxylic acids is 1. The third-order valence-electron chi connectivity index (χ3n) is 1.74. The summed E-state index contributed by atoms with van der Waals surface area (Å²) in [6, 6.07) is 0.0992. The lowest BCUT2D eigenvalue weighted by atomic mass is 10.1. The van der Waals surface area contributed by atoms with Crippen LogP contribution in [0.5, 0.6) is 0 Å². The minimum absolute atomic E-state index is 0.0992. The highest BCUT2D eigenvalue weighted by Crippen LogP contribution is 1.94. The molecule has 2 N–H and O–H groups in total. The van der Waals surface area contributed by atoms with Gasteiger partial charge in [0, 0.05) is 13.1 Å². The van der Waals surface area contributed by atoms with Gasteiger partial charge in [-0.3, -0.25) is 0 Å². The Bertz CT molecular complexity index is 97.8. The summed E-state index contributed by atoms with van der Waals surface area (Å²) in [6.45, 7) is 2.93. The lowest BCUT2D eigenvalue weighted by Gasteiger charge is -2.16. The fraction of sp³-hybridized carbons (Fsp3) is 0.857. The van der Waals surface area contributed by atoms with Gasteiger partial charge in [0.15, 0.2) is 0 Å². The Morgan fingerprint density at radius 3 is 3.00 bits per heavy atom. The highest BCUT2D eigenvalue weighted by molar-refractivity contribution is 5.57. The van der Waals surface area contributed by atoms with E-state index in [1.807, 2.05) is 0 Å². The largest absolute Gasteiger partial charge is 0.315 e. The molecule has 1 aliphatic heterocycles. The highest BCUT2D eigenvalue weighted by Gasteiger charge is 2.06. The zero-order valence-electron chi connectivity index (χ0n) is 6.10. The third-order valence-corrected chi connectivity index (χ3v) is 1.74. The Morgan fingerprint density at radius 1 is 1.30 bits per heavy atom. The Hall–Kier alpha value is -0.410. The number of aldehydes is 1. The maximum Gasteiger partial charge on any atom is 0.136 e. The first-order chi connectivity index (χ1) is 4.93. The smallest absolute Gasteiger partial charge is 0.136 e. The van der Waals surface area contributed by atoms with Gasteiger partial charge in [-0.1, -0.05) is 0 Å². The van der Waals surface area contributed by atoms with Crippen molar-refractivity contribution < 1.29 is 4.79 Å². The van der Waals surface area contributed by atoms with Crippen LogP contribution in [-0.2, 0) is 4.79 Å². The average Bonchev–Trinajstić information content (AvgIpc) is 1.87. The van der Waals surface area contributed by atoms with E-state index in [0.717, 1.165) is 38.8 Å². The average molecular weight is 142 g/mol. The van der Waals surface area contributed by atoms with E-state index in [1.165, 1.54) is 0 Å². The molecule has 0 aromatic rings. The van der Waals surface area contributed by atoms with E-state index in [2.05, 4.69) is 10.6 Å². The second-order valence-electron chi connectivity index (χ2n) is 2.59. The van der Waals surface area contributed by atoms with Crippen LogP contribution < -0.4 is 10.6 Å². The molecule has 3 heteroatoms. The van der Waals surface area contributed by atoms with Crippen molar-refractivity contribution in [3.05, 3.63) is 0 Å². The molecule has 0 aromatic carbocycles. The molecule has 0 amide bonds. The molecule has 1 fully saturated rings. The van der Waals surface area contributed by atoms with Crippen LogP contribution in [0, 0.1) is 0 Å². The fourth-order valence-electron chi connectivity index (χ4n) is 1.14. The van der Waals surface area contributed by atoms with E-state index in [9.17, 15) is 4.79 Å². The molecule has 3 nitrogen and oxygen atoms in total. The van der Waals surface area contributed by atoms with Gasteiger partial charge in [0.25, 0.3) is 0 Å². The molecule has 1 unspecified atom stereocenters. The van der Waals surface area contributed by atoms with Crippen LogP contribution in [0.2, 0.25) is 0 Å². The number of hydrogen-bond donors (Lipinski definition) is 2. The second-order valence-corrected chi connectivity index (χ2v) is 2.59. The fourth-order valence-corrected chi connectivity index (χ4v) is 1.14. The molecule has 1 saturated heterocycles. The maximum absolute atomic E-state index is 10.3. The quantitative estimate of drug-likeness (QED) is 0.486. The Kier molecular flexibility index (Phi) is 3.40. The number of hydrogen-bond acceptors (Lipinski definition) is 3. The number of rotatable bonds is 1. The van der Waals surface area contributed by atoms with Crippen LogP contribution >= 0.6 is 0 Å². The van der Waals surface area contributed by atoms with Crippen molar-refractivity contribution in [3.63, 3.8) is 0 Å². The van der Waals surface area contributed by atoms with Gasteiger partial charge in [0.2, 0.25) is 0 Å². The van der Waals surface area contributed by atoms with Crippen molar-refractivity contribution in [3.8, 4) is 0 Å². The van der Waals surface area contributed by atoms with E-state index in [1.54, 1.807) is 0 Å². The summed E-state index contributed by atoms with van der Waals surface area (Å²) < 4.78 is 0. The SMILES string of the molecule is O=CC1CCCNCCN1. The predicted molar refractivity (Wildman–Crippen MR) is 40.0 cm³/mol. The second kappa shape index (κ2) is 4.41. The zero-order chi connectivity index (χ0) is 7.23. The van der Waals surface area contributed by atoms with Crippen LogP contribution in [-0.4, -0.2) is 32.0 Å². The van der Waals surface area contributed by atoms with Crippen molar-refractivity contribution in [2.24, 2.45) is 0 Å². The van der Waals surface area contributed by atoms with Crippen LogP contribution in [0.4, 0.5) is 0 Å². The Balaban J connectivity index is 2.22. The minimum atomic E-state index is 0.0992. The molecule has 0 saturated carbocycles. The third kappa shape index (κ3) is 2.45. The van der Waals surface area contributed by atoms with Gasteiger partial charge in [0.1, 0.15) is 6.29 Å². The van der Waals surface area contributed by atoms with Crippen LogP contribution in [0.15, 0.2) is 0 Å². The molecule has 1 atom stereocenters. The van der Waals surface area contributed by atoms with Gasteiger partial charge in [-0.05, 0) is 19.4 Å². The van der Waals surface area contributed by atoms with E-state index in [0.29, 0.717) is 0 Å². The number of carbonyl (C=O) groups is 1. The molecular weight excluding hydrogens is 128 g/mol. The predicted octanol–water partition coefficient (Wildman–Crippen LogP) is -0.473. The van der Waals surface area contributed by atoms with Crippen molar-refractivity contribution >= 4 is 6.29 Å².